The predicted molar refractivity (Wildman–Crippen MR) is 142 cm³/mol. The van der Waals surface area contributed by atoms with Crippen molar-refractivity contribution in [3.8, 4) is 11.5 Å². The number of carbonyl (C=O) groups excluding carboxylic acids is 1. The van der Waals surface area contributed by atoms with Crippen LogP contribution in [0, 0.1) is 0 Å². The fourth-order valence-corrected chi connectivity index (χ4v) is 5.48. The minimum atomic E-state index is -0.0685. The van der Waals surface area contributed by atoms with E-state index in [1.807, 2.05) is 12.1 Å². The van der Waals surface area contributed by atoms with Crippen LogP contribution in [0.2, 0.25) is 0 Å². The van der Waals surface area contributed by atoms with E-state index in [4.69, 9.17) is 24.0 Å². The van der Waals surface area contributed by atoms with Crippen molar-refractivity contribution in [2.24, 2.45) is 4.99 Å². The number of hydrogen-bond donors (Lipinski definition) is 1. The van der Waals surface area contributed by atoms with Crippen LogP contribution >= 0.6 is 0 Å². The second-order valence-corrected chi connectivity index (χ2v) is 9.67. The molecule has 1 amide bonds. The molecule has 1 N–H and O–H groups in total. The van der Waals surface area contributed by atoms with E-state index in [0.29, 0.717) is 43.7 Å². The maximum Gasteiger partial charge on any atom is 0.251 e. The standard InChI is InChI=1S/C29H35N3O5/c1-19(31-37-18-28(33)32-12-14-36-15-13-32)20-8-10-21(11-9-20)29-24-17-27(35-3)26(34-2)16-23(24)22-6-4-5-7-25(22)30-29/h8-11,16-17,22,25,31H,1,4-7,12-15,18H2,2-3H3/t22-,25-/m1/s1. The Morgan fingerprint density at radius 3 is 2.51 bits per heavy atom. The minimum absolute atomic E-state index is 0.0570. The fourth-order valence-electron chi connectivity index (χ4n) is 5.48. The van der Waals surface area contributed by atoms with Crippen LogP contribution in [0.5, 0.6) is 11.5 Å². The molecule has 1 saturated carbocycles. The number of nitrogens with one attached hydrogen (secondary N) is 1. The lowest BCUT2D eigenvalue weighted by atomic mass is 9.75. The molecule has 2 aromatic carbocycles. The van der Waals surface area contributed by atoms with Gasteiger partial charge in [0, 0.05) is 30.1 Å². The molecule has 0 aromatic heterocycles. The first-order valence-corrected chi connectivity index (χ1v) is 13.0. The van der Waals surface area contributed by atoms with Gasteiger partial charge in [0.25, 0.3) is 5.91 Å². The Kier molecular flexibility index (Phi) is 7.76. The van der Waals surface area contributed by atoms with Gasteiger partial charge in [-0.2, -0.15) is 0 Å². The maximum absolute atomic E-state index is 12.3. The number of hydroxylamine groups is 1. The molecule has 2 aliphatic heterocycles. The number of hydrogen-bond acceptors (Lipinski definition) is 7. The van der Waals surface area contributed by atoms with Gasteiger partial charge in [-0.05, 0) is 36.1 Å². The number of carbonyl (C=O) groups is 1. The van der Waals surface area contributed by atoms with Gasteiger partial charge >= 0.3 is 0 Å². The van der Waals surface area contributed by atoms with Gasteiger partial charge in [-0.3, -0.25) is 20.1 Å². The highest BCUT2D eigenvalue weighted by Crippen LogP contribution is 2.44. The van der Waals surface area contributed by atoms with Crippen LogP contribution < -0.4 is 15.0 Å². The van der Waals surface area contributed by atoms with E-state index in [0.717, 1.165) is 41.0 Å². The lowest BCUT2D eigenvalue weighted by Gasteiger charge is -2.35. The second kappa shape index (κ2) is 11.4. The van der Waals surface area contributed by atoms with E-state index in [1.54, 1.807) is 19.1 Å². The number of ether oxygens (including phenoxy) is 3. The minimum Gasteiger partial charge on any atom is -0.493 e. The van der Waals surface area contributed by atoms with Crippen molar-refractivity contribution in [1.82, 2.24) is 10.4 Å². The Hall–Kier alpha value is -3.36. The number of nitrogens with zero attached hydrogens (tertiary/aromatic N) is 2. The van der Waals surface area contributed by atoms with Gasteiger partial charge in [0.1, 0.15) is 0 Å². The number of amides is 1. The molecular weight excluding hydrogens is 470 g/mol. The summed E-state index contributed by atoms with van der Waals surface area (Å²) >= 11 is 0. The Bertz CT molecular complexity index is 1170. The molecule has 2 aromatic rings. The maximum atomic E-state index is 12.3. The lowest BCUT2D eigenvalue weighted by molar-refractivity contribution is -0.141. The van der Waals surface area contributed by atoms with Gasteiger partial charge < -0.3 is 19.1 Å². The van der Waals surface area contributed by atoms with E-state index in [2.05, 4.69) is 36.3 Å². The zero-order valence-corrected chi connectivity index (χ0v) is 21.6. The average Bonchev–Trinajstić information content (AvgIpc) is 2.96. The predicted octanol–water partition coefficient (Wildman–Crippen LogP) is 3.93. The van der Waals surface area contributed by atoms with Gasteiger partial charge in [-0.25, -0.2) is 0 Å². The summed E-state index contributed by atoms with van der Waals surface area (Å²) in [4.78, 5) is 24.7. The first kappa shape index (κ1) is 25.3. The molecule has 3 aliphatic rings. The van der Waals surface area contributed by atoms with Gasteiger partial charge in [-0.1, -0.05) is 43.7 Å². The van der Waals surface area contributed by atoms with Gasteiger partial charge in [-0.15, -0.1) is 0 Å². The molecule has 0 spiro atoms. The summed E-state index contributed by atoms with van der Waals surface area (Å²) in [5.74, 6) is 1.81. The third-order valence-electron chi connectivity index (χ3n) is 7.50. The molecule has 1 aliphatic carbocycles. The highest BCUT2D eigenvalue weighted by atomic mass is 16.6. The topological polar surface area (TPSA) is 81.6 Å². The van der Waals surface area contributed by atoms with Crippen molar-refractivity contribution in [1.29, 1.82) is 0 Å². The van der Waals surface area contributed by atoms with Gasteiger partial charge in [0.2, 0.25) is 0 Å². The molecule has 2 atom stereocenters. The molecule has 0 bridgehead atoms. The van der Waals surface area contributed by atoms with Gasteiger partial charge in [0.15, 0.2) is 18.1 Å². The number of fused-ring (bicyclic) bond motifs is 3. The van der Waals surface area contributed by atoms with Crippen LogP contribution in [0.4, 0.5) is 0 Å². The third kappa shape index (κ3) is 5.36. The molecule has 8 nitrogen and oxygen atoms in total. The van der Waals surface area contributed by atoms with E-state index < -0.39 is 0 Å². The number of rotatable bonds is 8. The van der Waals surface area contributed by atoms with Crippen molar-refractivity contribution >= 4 is 17.3 Å². The zero-order valence-electron chi connectivity index (χ0n) is 21.6. The third-order valence-corrected chi connectivity index (χ3v) is 7.50. The van der Waals surface area contributed by atoms with E-state index in [9.17, 15) is 4.79 Å². The second-order valence-electron chi connectivity index (χ2n) is 9.67. The van der Waals surface area contributed by atoms with Crippen LogP contribution in [-0.2, 0) is 14.4 Å². The molecule has 1 saturated heterocycles. The Morgan fingerprint density at radius 2 is 1.78 bits per heavy atom. The highest BCUT2D eigenvalue weighted by molar-refractivity contribution is 6.15. The summed E-state index contributed by atoms with van der Waals surface area (Å²) < 4.78 is 16.5. The molecule has 5 rings (SSSR count). The van der Waals surface area contributed by atoms with Crippen LogP contribution in [0.15, 0.2) is 48.0 Å². The molecule has 8 heteroatoms. The smallest absolute Gasteiger partial charge is 0.251 e. The summed E-state index contributed by atoms with van der Waals surface area (Å²) in [5.41, 5.74) is 8.70. The van der Waals surface area contributed by atoms with E-state index >= 15 is 0 Å². The van der Waals surface area contributed by atoms with Crippen LogP contribution in [0.25, 0.3) is 5.70 Å². The Labute approximate surface area is 218 Å². The van der Waals surface area contributed by atoms with E-state index in [1.165, 1.54) is 18.4 Å². The highest BCUT2D eigenvalue weighted by Gasteiger charge is 2.34. The SMILES string of the molecule is C=C(NOCC(=O)N1CCOCC1)c1ccc(C2=N[C@@H]3CCCC[C@@H]3c3cc(OC)c(OC)cc32)cc1. The number of aliphatic imine (C=N–C) groups is 1. The zero-order chi connectivity index (χ0) is 25.8. The Morgan fingerprint density at radius 1 is 1.08 bits per heavy atom. The van der Waals surface area contributed by atoms with Crippen molar-refractivity contribution in [2.75, 3.05) is 47.1 Å². The summed E-state index contributed by atoms with van der Waals surface area (Å²) in [6.45, 7) is 6.33. The van der Waals surface area contributed by atoms with Crippen LogP contribution in [0.1, 0.15) is 53.9 Å². The molecule has 0 radical (unpaired) electrons. The normalized spacial score (nSPS) is 20.8. The van der Waals surface area contributed by atoms with Crippen molar-refractivity contribution in [3.63, 3.8) is 0 Å². The largest absolute Gasteiger partial charge is 0.493 e. The van der Waals surface area contributed by atoms with Crippen molar-refractivity contribution in [2.45, 2.75) is 37.6 Å². The summed E-state index contributed by atoms with van der Waals surface area (Å²) in [6.07, 6.45) is 4.67. The average molecular weight is 506 g/mol. The first-order chi connectivity index (χ1) is 18.1. The first-order valence-electron chi connectivity index (χ1n) is 13.0. The fraction of sp³-hybridized carbons (Fsp3) is 0.448. The summed E-state index contributed by atoms with van der Waals surface area (Å²) in [7, 11) is 3.35. The van der Waals surface area contributed by atoms with Crippen molar-refractivity contribution in [3.05, 3.63) is 65.2 Å². The van der Waals surface area contributed by atoms with Gasteiger partial charge in [0.05, 0.1) is 44.9 Å². The quantitative estimate of drug-likeness (QED) is 0.548. The molecule has 0 unspecified atom stereocenters. The van der Waals surface area contributed by atoms with E-state index in [-0.39, 0.29) is 18.6 Å². The lowest BCUT2D eigenvalue weighted by Crippen LogP contribution is -2.43. The summed E-state index contributed by atoms with van der Waals surface area (Å²) in [5, 5.41) is 0. The molecule has 37 heavy (non-hydrogen) atoms. The molecule has 2 fully saturated rings. The summed E-state index contributed by atoms with van der Waals surface area (Å²) in [6, 6.07) is 12.6. The molecular formula is C29H35N3O5. The Balaban J connectivity index is 1.31. The van der Waals surface area contributed by atoms with Crippen LogP contribution in [-0.4, -0.2) is 69.7 Å². The number of morpholine rings is 1. The number of benzene rings is 2. The molecule has 2 heterocycles. The molecule has 196 valence electrons. The van der Waals surface area contributed by atoms with Crippen LogP contribution in [0.3, 0.4) is 0 Å². The van der Waals surface area contributed by atoms with Crippen molar-refractivity contribution < 1.29 is 23.8 Å². The number of methoxy groups -OCH3 is 2. The monoisotopic (exact) mass is 505 g/mol.